The summed E-state index contributed by atoms with van der Waals surface area (Å²) in [6, 6.07) is 13.1. The average molecular weight is 335 g/mol. The third kappa shape index (κ3) is 4.20. The van der Waals surface area contributed by atoms with Crippen LogP contribution in [0.25, 0.3) is 6.08 Å². The van der Waals surface area contributed by atoms with E-state index in [4.69, 9.17) is 0 Å². The van der Waals surface area contributed by atoms with Crippen LogP contribution in [0.2, 0.25) is 0 Å². The number of urea groups is 1. The number of benzene rings is 2. The van der Waals surface area contributed by atoms with E-state index in [0.717, 1.165) is 4.47 Å². The van der Waals surface area contributed by atoms with Crippen molar-refractivity contribution in [2.45, 2.75) is 0 Å². The van der Waals surface area contributed by atoms with Crippen LogP contribution >= 0.6 is 15.9 Å². The molecule has 0 saturated carbocycles. The van der Waals surface area contributed by atoms with Crippen molar-refractivity contribution >= 4 is 33.7 Å². The number of hydrogen-bond donors (Lipinski definition) is 2. The van der Waals surface area contributed by atoms with E-state index in [9.17, 15) is 9.18 Å². The summed E-state index contributed by atoms with van der Waals surface area (Å²) in [6.07, 6.45) is 2.89. The predicted octanol–water partition coefficient (Wildman–Crippen LogP) is 4.38. The first-order valence-corrected chi connectivity index (χ1v) is 6.68. The molecule has 102 valence electrons. The second-order valence-electron chi connectivity index (χ2n) is 3.96. The summed E-state index contributed by atoms with van der Waals surface area (Å²) in [4.78, 5) is 11.6. The first-order chi connectivity index (χ1) is 9.65. The monoisotopic (exact) mass is 334 g/mol. The lowest BCUT2D eigenvalue weighted by Gasteiger charge is -2.04. The Kier molecular flexibility index (Phi) is 4.90. The van der Waals surface area contributed by atoms with E-state index in [1.54, 1.807) is 30.3 Å². The molecule has 3 nitrogen and oxygen atoms in total. The van der Waals surface area contributed by atoms with E-state index in [-0.39, 0.29) is 11.8 Å². The molecule has 5 heteroatoms. The normalized spacial score (nSPS) is 10.5. The van der Waals surface area contributed by atoms with Gasteiger partial charge in [0.2, 0.25) is 0 Å². The van der Waals surface area contributed by atoms with Gasteiger partial charge in [-0.3, -0.25) is 0 Å². The van der Waals surface area contributed by atoms with Gasteiger partial charge in [0.15, 0.2) is 0 Å². The molecule has 0 aliphatic heterocycles. The van der Waals surface area contributed by atoms with Gasteiger partial charge in [-0.05, 0) is 36.4 Å². The minimum Gasteiger partial charge on any atom is -0.314 e. The zero-order chi connectivity index (χ0) is 14.4. The van der Waals surface area contributed by atoms with Crippen molar-refractivity contribution in [2.24, 2.45) is 0 Å². The smallest absolute Gasteiger partial charge is 0.314 e. The molecule has 0 aliphatic carbocycles. The first kappa shape index (κ1) is 14.3. The lowest BCUT2D eigenvalue weighted by molar-refractivity contribution is 0.255. The molecule has 2 rings (SSSR count). The minimum absolute atomic E-state index is 0.334. The fourth-order valence-corrected chi connectivity index (χ4v) is 1.78. The van der Waals surface area contributed by atoms with Gasteiger partial charge in [0.05, 0.1) is 0 Å². The van der Waals surface area contributed by atoms with Gasteiger partial charge in [0.25, 0.3) is 0 Å². The molecule has 2 aromatic rings. The molecule has 2 aromatic carbocycles. The number of halogens is 2. The van der Waals surface area contributed by atoms with E-state index in [1.165, 1.54) is 18.3 Å². The fourth-order valence-electron chi connectivity index (χ4n) is 1.52. The van der Waals surface area contributed by atoms with Crippen LogP contribution in [0.1, 0.15) is 5.56 Å². The Morgan fingerprint density at radius 2 is 1.80 bits per heavy atom. The van der Waals surface area contributed by atoms with E-state index in [1.807, 2.05) is 12.1 Å². The van der Waals surface area contributed by atoms with Crippen molar-refractivity contribution in [1.29, 1.82) is 0 Å². The van der Waals surface area contributed by atoms with Crippen LogP contribution in [-0.2, 0) is 0 Å². The molecule has 0 radical (unpaired) electrons. The van der Waals surface area contributed by atoms with Crippen molar-refractivity contribution in [2.75, 3.05) is 5.32 Å². The first-order valence-electron chi connectivity index (χ1n) is 5.89. The van der Waals surface area contributed by atoms with Gasteiger partial charge < -0.3 is 10.6 Å². The van der Waals surface area contributed by atoms with Crippen molar-refractivity contribution < 1.29 is 9.18 Å². The molecule has 20 heavy (non-hydrogen) atoms. The van der Waals surface area contributed by atoms with E-state index >= 15 is 0 Å². The number of carbonyl (C=O) groups is 1. The number of hydrogen-bond acceptors (Lipinski definition) is 1. The molecular formula is C15H12BrFN2O. The second-order valence-corrected chi connectivity index (χ2v) is 4.88. The Labute approximate surface area is 124 Å². The molecule has 0 heterocycles. The highest BCUT2D eigenvalue weighted by Gasteiger charge is 1.99. The predicted molar refractivity (Wildman–Crippen MR) is 81.7 cm³/mol. The molecule has 2 amide bonds. The van der Waals surface area contributed by atoms with Crippen molar-refractivity contribution in [1.82, 2.24) is 5.32 Å². The van der Waals surface area contributed by atoms with Gasteiger partial charge in [-0.25, -0.2) is 9.18 Å². The van der Waals surface area contributed by atoms with Gasteiger partial charge in [0, 0.05) is 21.9 Å². The second kappa shape index (κ2) is 6.86. The van der Waals surface area contributed by atoms with Crippen LogP contribution in [-0.4, -0.2) is 6.03 Å². The lowest BCUT2D eigenvalue weighted by atomic mass is 10.2. The van der Waals surface area contributed by atoms with E-state index in [2.05, 4.69) is 26.6 Å². The van der Waals surface area contributed by atoms with Gasteiger partial charge in [-0.15, -0.1) is 0 Å². The molecule has 0 saturated heterocycles. The summed E-state index contributed by atoms with van der Waals surface area (Å²) < 4.78 is 14.2. The lowest BCUT2D eigenvalue weighted by Crippen LogP contribution is -2.23. The number of carbonyl (C=O) groups excluding carboxylic acids is 1. The average Bonchev–Trinajstić information content (AvgIpc) is 2.43. The molecule has 0 fully saturated rings. The highest BCUT2D eigenvalue weighted by Crippen LogP contribution is 2.13. The van der Waals surface area contributed by atoms with Crippen LogP contribution < -0.4 is 10.6 Å². The molecular weight excluding hydrogens is 323 g/mol. The Balaban J connectivity index is 1.89. The largest absolute Gasteiger partial charge is 0.323 e. The van der Waals surface area contributed by atoms with Crippen LogP contribution in [0.3, 0.4) is 0 Å². The van der Waals surface area contributed by atoms with Crippen molar-refractivity contribution in [3.8, 4) is 0 Å². The number of anilines is 1. The minimum atomic E-state index is -0.389. The van der Waals surface area contributed by atoms with Crippen molar-refractivity contribution in [3.63, 3.8) is 0 Å². The number of nitrogens with one attached hydrogen (secondary N) is 2. The quantitative estimate of drug-likeness (QED) is 0.859. The molecule has 0 bridgehead atoms. The third-order valence-corrected chi connectivity index (χ3v) is 3.01. The van der Waals surface area contributed by atoms with Gasteiger partial charge in [-0.1, -0.05) is 34.1 Å². The molecule has 0 atom stereocenters. The van der Waals surface area contributed by atoms with Gasteiger partial charge in [0.1, 0.15) is 5.82 Å². The van der Waals surface area contributed by atoms with Crippen LogP contribution in [0.15, 0.2) is 59.2 Å². The molecule has 0 aliphatic rings. The third-order valence-electron chi connectivity index (χ3n) is 2.48. The van der Waals surface area contributed by atoms with E-state index < -0.39 is 0 Å². The van der Waals surface area contributed by atoms with Crippen LogP contribution in [0.5, 0.6) is 0 Å². The summed E-state index contributed by atoms with van der Waals surface area (Å²) >= 11 is 3.31. The Bertz CT molecular complexity index is 626. The Morgan fingerprint density at radius 3 is 2.50 bits per heavy atom. The van der Waals surface area contributed by atoms with Crippen molar-refractivity contribution in [3.05, 3.63) is 70.6 Å². The summed E-state index contributed by atoms with van der Waals surface area (Å²) in [5.74, 6) is -0.334. The zero-order valence-electron chi connectivity index (χ0n) is 10.4. The van der Waals surface area contributed by atoms with E-state index in [0.29, 0.717) is 11.3 Å². The number of rotatable bonds is 3. The Morgan fingerprint density at radius 1 is 1.10 bits per heavy atom. The topological polar surface area (TPSA) is 41.1 Å². The highest BCUT2D eigenvalue weighted by atomic mass is 79.9. The molecule has 0 aromatic heterocycles. The molecule has 0 unspecified atom stereocenters. The van der Waals surface area contributed by atoms with Gasteiger partial charge in [-0.2, -0.15) is 0 Å². The standard InChI is InChI=1S/C15H12BrFN2O/c16-12-5-7-13(8-6-12)19-15(20)18-10-9-11-3-1-2-4-14(11)17/h1-10H,(H2,18,19,20)/b10-9+. The maximum atomic E-state index is 13.3. The van der Waals surface area contributed by atoms with Crippen LogP contribution in [0, 0.1) is 5.82 Å². The number of amides is 2. The maximum absolute atomic E-state index is 13.3. The maximum Gasteiger partial charge on any atom is 0.323 e. The summed E-state index contributed by atoms with van der Waals surface area (Å²) in [7, 11) is 0. The fraction of sp³-hybridized carbons (Fsp3) is 0. The SMILES string of the molecule is O=C(N/C=C/c1ccccc1F)Nc1ccc(Br)cc1. The highest BCUT2D eigenvalue weighted by molar-refractivity contribution is 9.10. The zero-order valence-corrected chi connectivity index (χ0v) is 12.0. The Hall–Kier alpha value is -2.14. The molecule has 0 spiro atoms. The summed E-state index contributed by atoms with van der Waals surface area (Å²) in [5.41, 5.74) is 1.08. The molecule has 2 N–H and O–H groups in total. The summed E-state index contributed by atoms with van der Waals surface area (Å²) in [5, 5.41) is 5.17. The van der Waals surface area contributed by atoms with Crippen LogP contribution in [0.4, 0.5) is 14.9 Å². The summed E-state index contributed by atoms with van der Waals surface area (Å²) in [6.45, 7) is 0. The van der Waals surface area contributed by atoms with Gasteiger partial charge >= 0.3 is 6.03 Å².